The zero-order chi connectivity index (χ0) is 12.4. The molecular formula is C11H11N3O3. The van der Waals surface area contributed by atoms with Gasteiger partial charge in [0.2, 0.25) is 5.91 Å². The number of rotatable bonds is 3. The Morgan fingerprint density at radius 2 is 2.35 bits per heavy atom. The zero-order valence-electron chi connectivity index (χ0n) is 8.96. The average molecular weight is 233 g/mol. The number of carboxylic acid groups (broad SMARTS) is 1. The van der Waals surface area contributed by atoms with E-state index in [4.69, 9.17) is 10.8 Å². The van der Waals surface area contributed by atoms with Crippen LogP contribution in [-0.4, -0.2) is 26.9 Å². The van der Waals surface area contributed by atoms with Gasteiger partial charge in [-0.05, 0) is 11.6 Å². The van der Waals surface area contributed by atoms with Gasteiger partial charge in [-0.3, -0.25) is 14.7 Å². The Balaban J connectivity index is 2.22. The highest BCUT2D eigenvalue weighted by atomic mass is 16.4. The highest BCUT2D eigenvalue weighted by molar-refractivity contribution is 5.98. The molecule has 1 aromatic rings. The molecule has 0 atom stereocenters. The summed E-state index contributed by atoms with van der Waals surface area (Å²) < 4.78 is 0. The number of hydrogen-bond donors (Lipinski definition) is 2. The first-order valence-corrected chi connectivity index (χ1v) is 5.01. The molecule has 6 heteroatoms. The Kier molecular flexibility index (Phi) is 2.78. The van der Waals surface area contributed by atoms with Crippen LogP contribution in [0.5, 0.6) is 0 Å². The van der Waals surface area contributed by atoms with Gasteiger partial charge < -0.3 is 10.8 Å². The van der Waals surface area contributed by atoms with Crippen LogP contribution >= 0.6 is 0 Å². The first kappa shape index (κ1) is 11.1. The number of amides is 1. The van der Waals surface area contributed by atoms with E-state index >= 15 is 0 Å². The molecule has 1 amide bonds. The lowest BCUT2D eigenvalue weighted by Gasteiger charge is -2.17. The van der Waals surface area contributed by atoms with Gasteiger partial charge in [-0.1, -0.05) is 6.07 Å². The standard InChI is InChI=1S/C11H11N3O3/c12-10-8(11(16)17)4-9(15)14(10)6-7-2-1-3-13-5-7/h1-3,5H,4,6,12H2,(H,16,17). The number of nitrogens with zero attached hydrogens (tertiary/aromatic N) is 2. The van der Waals surface area contributed by atoms with Crippen molar-refractivity contribution < 1.29 is 14.7 Å². The van der Waals surface area contributed by atoms with Crippen LogP contribution in [-0.2, 0) is 16.1 Å². The maximum Gasteiger partial charge on any atom is 0.335 e. The summed E-state index contributed by atoms with van der Waals surface area (Å²) in [5.74, 6) is -1.43. The predicted molar refractivity (Wildman–Crippen MR) is 58.3 cm³/mol. The maximum absolute atomic E-state index is 11.6. The first-order valence-electron chi connectivity index (χ1n) is 5.01. The van der Waals surface area contributed by atoms with Crippen LogP contribution in [0.4, 0.5) is 0 Å². The molecule has 2 heterocycles. The third kappa shape index (κ3) is 2.10. The number of carbonyl (C=O) groups is 2. The fraction of sp³-hybridized carbons (Fsp3) is 0.182. The summed E-state index contributed by atoms with van der Waals surface area (Å²) in [6.07, 6.45) is 3.08. The Hall–Kier alpha value is -2.37. The van der Waals surface area contributed by atoms with Gasteiger partial charge in [-0.15, -0.1) is 0 Å². The summed E-state index contributed by atoms with van der Waals surface area (Å²) >= 11 is 0. The van der Waals surface area contributed by atoms with Crippen molar-refractivity contribution in [3.8, 4) is 0 Å². The van der Waals surface area contributed by atoms with E-state index in [-0.39, 0.29) is 30.3 Å². The monoisotopic (exact) mass is 233 g/mol. The summed E-state index contributed by atoms with van der Waals surface area (Å²) in [5, 5.41) is 8.86. The normalized spacial score (nSPS) is 15.5. The van der Waals surface area contributed by atoms with E-state index in [1.54, 1.807) is 24.5 Å². The van der Waals surface area contributed by atoms with Crippen LogP contribution in [0.3, 0.4) is 0 Å². The quantitative estimate of drug-likeness (QED) is 0.770. The summed E-state index contributed by atoms with van der Waals surface area (Å²) in [6.45, 7) is 0.245. The molecule has 0 bridgehead atoms. The van der Waals surface area contributed by atoms with E-state index in [9.17, 15) is 9.59 Å². The summed E-state index contributed by atoms with van der Waals surface area (Å²) in [4.78, 5) is 27.6. The highest BCUT2D eigenvalue weighted by Crippen LogP contribution is 2.22. The molecule has 0 unspecified atom stereocenters. The van der Waals surface area contributed by atoms with Gasteiger partial charge in [-0.25, -0.2) is 4.79 Å². The molecule has 88 valence electrons. The minimum Gasteiger partial charge on any atom is -0.478 e. The summed E-state index contributed by atoms with van der Waals surface area (Å²) in [6, 6.07) is 3.54. The van der Waals surface area contributed by atoms with Crippen LogP contribution < -0.4 is 5.73 Å². The third-order valence-electron chi connectivity index (χ3n) is 2.55. The van der Waals surface area contributed by atoms with Crippen LogP contribution in [0.25, 0.3) is 0 Å². The predicted octanol–water partition coefficient (Wildman–Crippen LogP) is 0.0688. The molecule has 0 spiro atoms. The number of nitrogens with two attached hydrogens (primary N) is 1. The van der Waals surface area contributed by atoms with E-state index in [1.807, 2.05) is 0 Å². The average Bonchev–Trinajstić information content (AvgIpc) is 2.58. The number of carbonyl (C=O) groups excluding carboxylic acids is 1. The van der Waals surface area contributed by atoms with E-state index in [0.717, 1.165) is 5.56 Å². The molecule has 0 saturated carbocycles. The third-order valence-corrected chi connectivity index (χ3v) is 2.55. The van der Waals surface area contributed by atoms with Crippen molar-refractivity contribution in [2.45, 2.75) is 13.0 Å². The van der Waals surface area contributed by atoms with Crippen LogP contribution in [0.1, 0.15) is 12.0 Å². The molecule has 3 N–H and O–H groups in total. The smallest absolute Gasteiger partial charge is 0.335 e. The van der Waals surface area contributed by atoms with Crippen LogP contribution in [0, 0.1) is 0 Å². The van der Waals surface area contributed by atoms with Gasteiger partial charge >= 0.3 is 5.97 Å². The molecule has 1 aromatic heterocycles. The van der Waals surface area contributed by atoms with Crippen molar-refractivity contribution in [1.29, 1.82) is 0 Å². The molecule has 1 aliphatic heterocycles. The largest absolute Gasteiger partial charge is 0.478 e. The lowest BCUT2D eigenvalue weighted by atomic mass is 10.2. The number of aromatic nitrogens is 1. The Labute approximate surface area is 97.4 Å². The van der Waals surface area contributed by atoms with Crippen molar-refractivity contribution >= 4 is 11.9 Å². The second kappa shape index (κ2) is 4.25. The van der Waals surface area contributed by atoms with Crippen molar-refractivity contribution in [3.63, 3.8) is 0 Å². The van der Waals surface area contributed by atoms with E-state index in [0.29, 0.717) is 0 Å². The van der Waals surface area contributed by atoms with Crippen molar-refractivity contribution in [1.82, 2.24) is 9.88 Å². The van der Waals surface area contributed by atoms with Crippen molar-refractivity contribution in [2.24, 2.45) is 5.73 Å². The lowest BCUT2D eigenvalue weighted by Crippen LogP contribution is -2.28. The Bertz CT molecular complexity index is 496. The fourth-order valence-corrected chi connectivity index (χ4v) is 1.67. The Morgan fingerprint density at radius 3 is 2.88 bits per heavy atom. The zero-order valence-corrected chi connectivity index (χ0v) is 8.96. The van der Waals surface area contributed by atoms with Gasteiger partial charge in [0.05, 0.1) is 18.5 Å². The highest BCUT2D eigenvalue weighted by Gasteiger charge is 2.31. The van der Waals surface area contributed by atoms with Crippen molar-refractivity contribution in [2.75, 3.05) is 0 Å². The van der Waals surface area contributed by atoms with E-state index in [1.165, 1.54) is 4.90 Å². The second-order valence-corrected chi connectivity index (χ2v) is 3.69. The van der Waals surface area contributed by atoms with Gasteiger partial charge in [0, 0.05) is 12.4 Å². The molecule has 1 aliphatic rings. The molecule has 0 saturated heterocycles. The fourth-order valence-electron chi connectivity index (χ4n) is 1.67. The van der Waals surface area contributed by atoms with Crippen molar-refractivity contribution in [3.05, 3.63) is 41.5 Å². The lowest BCUT2D eigenvalue weighted by molar-refractivity contribution is -0.134. The van der Waals surface area contributed by atoms with Gasteiger partial charge in [0.1, 0.15) is 5.82 Å². The number of aliphatic carboxylic acids is 1. The Morgan fingerprint density at radius 1 is 1.59 bits per heavy atom. The molecule has 0 aromatic carbocycles. The van der Waals surface area contributed by atoms with Crippen LogP contribution in [0.15, 0.2) is 35.9 Å². The maximum atomic E-state index is 11.6. The summed E-state index contributed by atoms with van der Waals surface area (Å²) in [5.41, 5.74) is 6.40. The first-order chi connectivity index (χ1) is 8.09. The molecule has 6 nitrogen and oxygen atoms in total. The molecule has 2 rings (SSSR count). The number of pyridine rings is 1. The second-order valence-electron chi connectivity index (χ2n) is 3.69. The molecule has 0 aliphatic carbocycles. The minimum absolute atomic E-state index is 0.0198. The molecular weight excluding hydrogens is 222 g/mol. The molecule has 17 heavy (non-hydrogen) atoms. The minimum atomic E-state index is -1.15. The number of carboxylic acids is 1. The van der Waals surface area contributed by atoms with E-state index < -0.39 is 5.97 Å². The van der Waals surface area contributed by atoms with Gasteiger partial charge in [-0.2, -0.15) is 0 Å². The van der Waals surface area contributed by atoms with E-state index in [2.05, 4.69) is 4.98 Å². The topological polar surface area (TPSA) is 96.5 Å². The SMILES string of the molecule is NC1=C(C(=O)O)CC(=O)N1Cc1cccnc1. The molecule has 0 radical (unpaired) electrons. The summed E-state index contributed by atoms with van der Waals surface area (Å²) in [7, 11) is 0. The van der Waals surface area contributed by atoms with Gasteiger partial charge in [0.15, 0.2) is 0 Å². The van der Waals surface area contributed by atoms with Crippen LogP contribution in [0.2, 0.25) is 0 Å². The number of hydrogen-bond acceptors (Lipinski definition) is 4. The molecule has 0 fully saturated rings. The van der Waals surface area contributed by atoms with Gasteiger partial charge in [0.25, 0.3) is 0 Å².